The van der Waals surface area contributed by atoms with Crippen LogP contribution in [0.1, 0.15) is 40.3 Å². The molecule has 1 aliphatic heterocycles. The van der Waals surface area contributed by atoms with E-state index >= 15 is 0 Å². The molecule has 0 spiro atoms. The van der Waals surface area contributed by atoms with E-state index in [9.17, 15) is 9.59 Å². The van der Waals surface area contributed by atoms with Crippen LogP contribution in [0.3, 0.4) is 0 Å². The highest BCUT2D eigenvalue weighted by molar-refractivity contribution is 7.13. The lowest BCUT2D eigenvalue weighted by Gasteiger charge is -2.35. The van der Waals surface area contributed by atoms with Gasteiger partial charge in [0.2, 0.25) is 0 Å². The van der Waals surface area contributed by atoms with Crippen molar-refractivity contribution in [3.63, 3.8) is 0 Å². The van der Waals surface area contributed by atoms with E-state index in [0.717, 1.165) is 10.4 Å². The van der Waals surface area contributed by atoms with Crippen molar-refractivity contribution in [1.29, 1.82) is 0 Å². The fourth-order valence-electron chi connectivity index (χ4n) is 3.48. The number of benzene rings is 1. The molecule has 3 aromatic rings. The minimum atomic E-state index is -0.307. The fraction of sp³-hybridized carbons (Fsp3) is 0.318. The minimum Gasteiger partial charge on any atom is -0.372 e. The Bertz CT molecular complexity index is 1000. The molecule has 1 N–H and O–H groups in total. The monoisotopic (exact) mass is 425 g/mol. The predicted molar refractivity (Wildman–Crippen MR) is 113 cm³/mol. The molecule has 1 fully saturated rings. The van der Waals surface area contributed by atoms with Crippen LogP contribution in [0.2, 0.25) is 0 Å². The molecule has 2 aromatic heterocycles. The van der Waals surface area contributed by atoms with Gasteiger partial charge in [0.1, 0.15) is 0 Å². The molecule has 8 heteroatoms. The van der Waals surface area contributed by atoms with Crippen molar-refractivity contribution in [2.75, 3.05) is 13.1 Å². The number of aromatic nitrogens is 1. The van der Waals surface area contributed by atoms with Crippen molar-refractivity contribution < 1.29 is 18.8 Å². The smallest absolute Gasteiger partial charge is 0.273 e. The maximum atomic E-state index is 12.7. The average molecular weight is 426 g/mol. The summed E-state index contributed by atoms with van der Waals surface area (Å²) < 4.78 is 10.9. The summed E-state index contributed by atoms with van der Waals surface area (Å²) in [6.45, 7) is 5.46. The van der Waals surface area contributed by atoms with Gasteiger partial charge < -0.3 is 19.5 Å². The van der Waals surface area contributed by atoms with E-state index in [2.05, 4.69) is 10.5 Å². The third kappa shape index (κ3) is 4.60. The molecule has 1 aromatic carbocycles. The van der Waals surface area contributed by atoms with Gasteiger partial charge in [-0.1, -0.05) is 23.4 Å². The Morgan fingerprint density at radius 2 is 1.90 bits per heavy atom. The number of morpholine rings is 1. The SMILES string of the molecule is CC1CN(C(=O)c2ccc(CNC(=O)c3cc(-c4cccs4)on3)cc2)CC(C)O1. The van der Waals surface area contributed by atoms with Crippen molar-refractivity contribution in [3.05, 3.63) is 64.7 Å². The van der Waals surface area contributed by atoms with Crippen molar-refractivity contribution >= 4 is 23.2 Å². The molecule has 7 nitrogen and oxygen atoms in total. The molecule has 2 atom stereocenters. The number of hydrogen-bond acceptors (Lipinski definition) is 6. The van der Waals surface area contributed by atoms with E-state index in [-0.39, 0.29) is 29.7 Å². The molecular weight excluding hydrogens is 402 g/mol. The Morgan fingerprint density at radius 1 is 1.17 bits per heavy atom. The average Bonchev–Trinajstić information content (AvgIpc) is 3.43. The Balaban J connectivity index is 1.33. The zero-order valence-corrected chi connectivity index (χ0v) is 17.6. The minimum absolute atomic E-state index is 0.00344. The Labute approximate surface area is 178 Å². The first-order valence-electron chi connectivity index (χ1n) is 9.82. The van der Waals surface area contributed by atoms with E-state index in [1.54, 1.807) is 18.2 Å². The zero-order valence-electron chi connectivity index (χ0n) is 16.8. The number of nitrogens with one attached hydrogen (secondary N) is 1. The molecule has 0 saturated carbocycles. The van der Waals surface area contributed by atoms with Crippen molar-refractivity contribution in [1.82, 2.24) is 15.4 Å². The quantitative estimate of drug-likeness (QED) is 0.675. The number of carbonyl (C=O) groups is 2. The third-order valence-electron chi connectivity index (χ3n) is 4.87. The number of nitrogens with zero attached hydrogens (tertiary/aromatic N) is 2. The highest BCUT2D eigenvalue weighted by Gasteiger charge is 2.26. The topological polar surface area (TPSA) is 84.7 Å². The summed E-state index contributed by atoms with van der Waals surface area (Å²) in [5, 5.41) is 8.61. The molecule has 2 amide bonds. The van der Waals surface area contributed by atoms with Gasteiger partial charge in [-0.15, -0.1) is 11.3 Å². The van der Waals surface area contributed by atoms with Gasteiger partial charge in [-0.25, -0.2) is 0 Å². The molecule has 0 radical (unpaired) electrons. The van der Waals surface area contributed by atoms with Crippen LogP contribution in [0.15, 0.2) is 52.4 Å². The lowest BCUT2D eigenvalue weighted by atomic mass is 10.1. The van der Waals surface area contributed by atoms with Crippen LogP contribution in [0.25, 0.3) is 10.6 Å². The number of ether oxygens (including phenoxy) is 1. The van der Waals surface area contributed by atoms with Gasteiger partial charge in [-0.05, 0) is 43.0 Å². The highest BCUT2D eigenvalue weighted by Crippen LogP contribution is 2.25. The van der Waals surface area contributed by atoms with Gasteiger partial charge in [-0.2, -0.15) is 0 Å². The zero-order chi connectivity index (χ0) is 21.1. The lowest BCUT2D eigenvalue weighted by Crippen LogP contribution is -2.48. The van der Waals surface area contributed by atoms with E-state index in [4.69, 9.17) is 9.26 Å². The van der Waals surface area contributed by atoms with Gasteiger partial charge in [0.25, 0.3) is 11.8 Å². The van der Waals surface area contributed by atoms with Crippen molar-refractivity contribution in [3.8, 4) is 10.6 Å². The number of thiophene rings is 1. The van der Waals surface area contributed by atoms with E-state index in [0.29, 0.717) is 31.0 Å². The van der Waals surface area contributed by atoms with E-state index < -0.39 is 0 Å². The Hall–Kier alpha value is -2.97. The third-order valence-corrected chi connectivity index (χ3v) is 5.75. The molecule has 1 aliphatic rings. The molecule has 0 aliphatic carbocycles. The summed E-state index contributed by atoms with van der Waals surface area (Å²) in [6, 6.07) is 12.7. The summed E-state index contributed by atoms with van der Waals surface area (Å²) in [5.41, 5.74) is 1.76. The van der Waals surface area contributed by atoms with Gasteiger partial charge in [0.15, 0.2) is 11.5 Å². The second-order valence-electron chi connectivity index (χ2n) is 7.40. The molecule has 30 heavy (non-hydrogen) atoms. The van der Waals surface area contributed by atoms with E-state index in [1.165, 1.54) is 11.3 Å². The fourth-order valence-corrected chi connectivity index (χ4v) is 4.15. The molecular formula is C22H23N3O4S. The summed E-state index contributed by atoms with van der Waals surface area (Å²) >= 11 is 1.52. The first kappa shape index (κ1) is 20.3. The summed E-state index contributed by atoms with van der Waals surface area (Å²) in [4.78, 5) is 27.8. The maximum absolute atomic E-state index is 12.7. The highest BCUT2D eigenvalue weighted by atomic mass is 32.1. The maximum Gasteiger partial charge on any atom is 0.273 e. The summed E-state index contributed by atoms with van der Waals surface area (Å²) in [7, 11) is 0. The van der Waals surface area contributed by atoms with Crippen LogP contribution < -0.4 is 5.32 Å². The van der Waals surface area contributed by atoms with Gasteiger partial charge in [0, 0.05) is 31.3 Å². The van der Waals surface area contributed by atoms with E-state index in [1.807, 2.05) is 48.4 Å². The molecule has 3 heterocycles. The molecule has 0 bridgehead atoms. The molecule has 2 unspecified atom stereocenters. The standard InChI is InChI=1S/C22H23N3O4S/c1-14-12-25(13-15(2)28-14)22(27)17-7-5-16(6-8-17)11-23-21(26)18-10-19(29-24-18)20-4-3-9-30-20/h3-10,14-15H,11-13H2,1-2H3,(H,23,26). The summed E-state index contributed by atoms with van der Waals surface area (Å²) in [5.74, 6) is 0.263. The first-order chi connectivity index (χ1) is 14.5. The van der Waals surface area contributed by atoms with Crippen LogP contribution in [-0.4, -0.2) is 47.2 Å². The van der Waals surface area contributed by atoms with Crippen LogP contribution in [-0.2, 0) is 11.3 Å². The molecule has 156 valence electrons. The predicted octanol–water partition coefficient (Wildman–Crippen LogP) is 3.58. The van der Waals surface area contributed by atoms with Crippen molar-refractivity contribution in [2.24, 2.45) is 0 Å². The van der Waals surface area contributed by atoms with Crippen LogP contribution >= 0.6 is 11.3 Å². The lowest BCUT2D eigenvalue weighted by molar-refractivity contribution is -0.0586. The number of rotatable bonds is 5. The van der Waals surface area contributed by atoms with Crippen molar-refractivity contribution in [2.45, 2.75) is 32.6 Å². The Kier molecular flexibility index (Phi) is 5.96. The largest absolute Gasteiger partial charge is 0.372 e. The van der Waals surface area contributed by atoms with Gasteiger partial charge >= 0.3 is 0 Å². The number of amides is 2. The number of hydrogen-bond donors (Lipinski definition) is 1. The van der Waals surface area contributed by atoms with Crippen LogP contribution in [0, 0.1) is 0 Å². The summed E-state index contributed by atoms with van der Waals surface area (Å²) in [6.07, 6.45) is 0.0631. The normalized spacial score (nSPS) is 18.9. The Morgan fingerprint density at radius 3 is 2.57 bits per heavy atom. The number of carbonyl (C=O) groups excluding carboxylic acids is 2. The first-order valence-corrected chi connectivity index (χ1v) is 10.7. The van der Waals surface area contributed by atoms with Gasteiger partial charge in [-0.3, -0.25) is 9.59 Å². The second-order valence-corrected chi connectivity index (χ2v) is 8.35. The van der Waals surface area contributed by atoms with Crippen LogP contribution in [0.5, 0.6) is 0 Å². The molecule has 4 rings (SSSR count). The van der Waals surface area contributed by atoms with Gasteiger partial charge in [0.05, 0.1) is 17.1 Å². The molecule has 1 saturated heterocycles. The van der Waals surface area contributed by atoms with Crippen LogP contribution in [0.4, 0.5) is 0 Å². The second kappa shape index (κ2) is 8.81.